The summed E-state index contributed by atoms with van der Waals surface area (Å²) in [5, 5.41) is 5.68. The van der Waals surface area contributed by atoms with E-state index in [0.717, 1.165) is 11.3 Å². The van der Waals surface area contributed by atoms with Crippen molar-refractivity contribution in [2.24, 2.45) is 0 Å². The summed E-state index contributed by atoms with van der Waals surface area (Å²) < 4.78 is 0. The van der Waals surface area contributed by atoms with Gasteiger partial charge in [-0.3, -0.25) is 14.6 Å². The highest BCUT2D eigenvalue weighted by Crippen LogP contribution is 2.24. The second-order valence-corrected chi connectivity index (χ2v) is 6.25. The topological polar surface area (TPSA) is 71.1 Å². The average Bonchev–Trinajstić information content (AvgIpc) is 2.54. The molecule has 5 nitrogen and oxygen atoms in total. The van der Waals surface area contributed by atoms with E-state index in [4.69, 9.17) is 0 Å². The molecule has 0 aliphatic rings. The largest absolute Gasteiger partial charge is 0.350 e. The van der Waals surface area contributed by atoms with Crippen molar-refractivity contribution in [2.75, 3.05) is 5.32 Å². The highest BCUT2D eigenvalue weighted by atomic mass is 16.2. The summed E-state index contributed by atoms with van der Waals surface area (Å²) >= 11 is 0. The van der Waals surface area contributed by atoms with Crippen LogP contribution in [0.4, 0.5) is 5.69 Å². The summed E-state index contributed by atoms with van der Waals surface area (Å²) in [4.78, 5) is 28.6. The molecular weight excluding hydrogens is 302 g/mol. The fourth-order valence-corrected chi connectivity index (χ4v) is 2.34. The zero-order valence-corrected chi connectivity index (χ0v) is 14.5. The number of benzene rings is 1. The Labute approximate surface area is 142 Å². The molecular formula is C19H23N3O2. The second-order valence-electron chi connectivity index (χ2n) is 6.25. The van der Waals surface area contributed by atoms with Crippen LogP contribution in [0.25, 0.3) is 0 Å². The van der Waals surface area contributed by atoms with Crippen molar-refractivity contribution in [3.8, 4) is 0 Å². The predicted octanol–water partition coefficient (Wildman–Crippen LogP) is 3.60. The van der Waals surface area contributed by atoms with Crippen LogP contribution in [0, 0.1) is 0 Å². The van der Waals surface area contributed by atoms with E-state index in [1.54, 1.807) is 6.07 Å². The van der Waals surface area contributed by atoms with Crippen LogP contribution in [0.5, 0.6) is 0 Å². The van der Waals surface area contributed by atoms with Gasteiger partial charge >= 0.3 is 0 Å². The Hall–Kier alpha value is -2.69. The molecule has 1 aromatic carbocycles. The molecule has 0 saturated heterocycles. The monoisotopic (exact) mass is 325 g/mol. The molecule has 1 aromatic heterocycles. The molecule has 0 aliphatic carbocycles. The lowest BCUT2D eigenvalue weighted by molar-refractivity contribution is 0.0943. The van der Waals surface area contributed by atoms with E-state index >= 15 is 0 Å². The molecule has 2 aromatic rings. The molecule has 0 bridgehead atoms. The van der Waals surface area contributed by atoms with E-state index < -0.39 is 0 Å². The van der Waals surface area contributed by atoms with Crippen molar-refractivity contribution in [2.45, 2.75) is 39.7 Å². The van der Waals surface area contributed by atoms with Gasteiger partial charge in [-0.15, -0.1) is 0 Å². The maximum Gasteiger partial charge on any atom is 0.274 e. The van der Waals surface area contributed by atoms with Gasteiger partial charge in [0.1, 0.15) is 5.69 Å². The zero-order valence-electron chi connectivity index (χ0n) is 14.5. The van der Waals surface area contributed by atoms with Gasteiger partial charge in [-0.05, 0) is 43.5 Å². The Morgan fingerprint density at radius 3 is 2.38 bits per heavy atom. The molecule has 0 unspecified atom stereocenters. The molecule has 5 heteroatoms. The minimum absolute atomic E-state index is 0.0286. The Kier molecular flexibility index (Phi) is 5.68. The first-order valence-electron chi connectivity index (χ1n) is 8.05. The average molecular weight is 325 g/mol. The lowest BCUT2D eigenvalue weighted by Gasteiger charge is -2.13. The van der Waals surface area contributed by atoms with Gasteiger partial charge in [-0.1, -0.05) is 32.0 Å². The minimum atomic E-state index is -0.331. The maximum absolute atomic E-state index is 12.5. The van der Waals surface area contributed by atoms with Crippen LogP contribution < -0.4 is 10.6 Å². The van der Waals surface area contributed by atoms with Crippen LogP contribution in [0.2, 0.25) is 0 Å². The molecule has 126 valence electrons. The van der Waals surface area contributed by atoms with Crippen molar-refractivity contribution in [1.29, 1.82) is 0 Å². The number of hydrogen-bond donors (Lipinski definition) is 2. The number of anilines is 1. The third-order valence-corrected chi connectivity index (χ3v) is 3.51. The summed E-state index contributed by atoms with van der Waals surface area (Å²) in [7, 11) is 0. The first kappa shape index (κ1) is 17.7. The number of pyridine rings is 1. The molecule has 0 aliphatic heterocycles. The molecule has 0 saturated carbocycles. The molecule has 0 atom stereocenters. The highest BCUT2D eigenvalue weighted by Gasteiger charge is 2.14. The normalized spacial score (nSPS) is 10.8. The van der Waals surface area contributed by atoms with Crippen molar-refractivity contribution in [1.82, 2.24) is 10.3 Å². The number of para-hydroxylation sites is 1. The fourth-order valence-electron chi connectivity index (χ4n) is 2.34. The molecule has 0 spiro atoms. The first-order valence-corrected chi connectivity index (χ1v) is 8.05. The number of aromatic nitrogens is 1. The van der Waals surface area contributed by atoms with Gasteiger partial charge in [0, 0.05) is 23.5 Å². The van der Waals surface area contributed by atoms with Crippen LogP contribution in [0.15, 0.2) is 42.6 Å². The van der Waals surface area contributed by atoms with Gasteiger partial charge in [0.15, 0.2) is 0 Å². The third kappa shape index (κ3) is 4.41. The van der Waals surface area contributed by atoms with Gasteiger partial charge in [0.25, 0.3) is 11.8 Å². The number of nitrogens with zero attached hydrogens (tertiary/aromatic N) is 1. The SMILES string of the molecule is CC(C)NC(=O)c1ccnc(C(=O)Nc2ccccc2C(C)C)c1. The van der Waals surface area contributed by atoms with Gasteiger partial charge in [-0.25, -0.2) is 0 Å². The summed E-state index contributed by atoms with van der Waals surface area (Å²) in [6.45, 7) is 7.91. The molecule has 24 heavy (non-hydrogen) atoms. The van der Waals surface area contributed by atoms with Crippen LogP contribution in [0.1, 0.15) is 60.0 Å². The van der Waals surface area contributed by atoms with E-state index in [9.17, 15) is 9.59 Å². The standard InChI is InChI=1S/C19H23N3O2/c1-12(2)15-7-5-6-8-16(15)22-19(24)17-11-14(9-10-20-17)18(23)21-13(3)4/h5-13H,1-4H3,(H,21,23)(H,22,24). The highest BCUT2D eigenvalue weighted by molar-refractivity contribution is 6.05. The summed E-state index contributed by atoms with van der Waals surface area (Å²) in [6.07, 6.45) is 1.47. The first-order chi connectivity index (χ1) is 11.4. The van der Waals surface area contributed by atoms with Gasteiger partial charge < -0.3 is 10.6 Å². The lowest BCUT2D eigenvalue weighted by Crippen LogP contribution is -2.30. The minimum Gasteiger partial charge on any atom is -0.350 e. The summed E-state index contributed by atoms with van der Waals surface area (Å²) in [5.41, 5.74) is 2.45. The van der Waals surface area contributed by atoms with Gasteiger partial charge in [-0.2, -0.15) is 0 Å². The quantitative estimate of drug-likeness (QED) is 0.882. The van der Waals surface area contributed by atoms with E-state index in [-0.39, 0.29) is 29.5 Å². The Balaban J connectivity index is 2.21. The van der Waals surface area contributed by atoms with E-state index in [0.29, 0.717) is 5.56 Å². The van der Waals surface area contributed by atoms with Gasteiger partial charge in [0.05, 0.1) is 0 Å². The smallest absolute Gasteiger partial charge is 0.274 e. The number of nitrogens with one attached hydrogen (secondary N) is 2. The van der Waals surface area contributed by atoms with Crippen LogP contribution in [-0.2, 0) is 0 Å². The Morgan fingerprint density at radius 2 is 1.71 bits per heavy atom. The van der Waals surface area contributed by atoms with E-state index in [1.165, 1.54) is 12.3 Å². The Bertz CT molecular complexity index is 739. The van der Waals surface area contributed by atoms with E-state index in [1.807, 2.05) is 38.1 Å². The molecule has 2 rings (SSSR count). The van der Waals surface area contributed by atoms with Crippen LogP contribution in [0.3, 0.4) is 0 Å². The lowest BCUT2D eigenvalue weighted by atomic mass is 10.0. The number of carbonyl (C=O) groups excluding carboxylic acids is 2. The third-order valence-electron chi connectivity index (χ3n) is 3.51. The van der Waals surface area contributed by atoms with Gasteiger partial charge in [0.2, 0.25) is 0 Å². The maximum atomic E-state index is 12.5. The summed E-state index contributed by atoms with van der Waals surface area (Å²) in [6, 6.07) is 10.8. The molecule has 0 fully saturated rings. The number of amides is 2. The van der Waals surface area contributed by atoms with Crippen molar-refractivity contribution in [3.05, 3.63) is 59.4 Å². The number of hydrogen-bond acceptors (Lipinski definition) is 3. The number of rotatable bonds is 5. The van der Waals surface area contributed by atoms with Crippen molar-refractivity contribution < 1.29 is 9.59 Å². The van der Waals surface area contributed by atoms with Crippen molar-refractivity contribution in [3.63, 3.8) is 0 Å². The van der Waals surface area contributed by atoms with Crippen LogP contribution in [-0.4, -0.2) is 22.8 Å². The zero-order chi connectivity index (χ0) is 17.7. The molecule has 2 N–H and O–H groups in total. The second kappa shape index (κ2) is 7.73. The number of carbonyl (C=O) groups is 2. The summed E-state index contributed by atoms with van der Waals surface area (Å²) in [5.74, 6) is -0.260. The van der Waals surface area contributed by atoms with Crippen LogP contribution >= 0.6 is 0 Å². The van der Waals surface area contributed by atoms with Crippen molar-refractivity contribution >= 4 is 17.5 Å². The molecule has 1 heterocycles. The van der Waals surface area contributed by atoms with E-state index in [2.05, 4.69) is 29.5 Å². The fraction of sp³-hybridized carbons (Fsp3) is 0.316. The Morgan fingerprint density at radius 1 is 1.00 bits per heavy atom. The molecule has 0 radical (unpaired) electrons. The predicted molar refractivity (Wildman–Crippen MR) is 95.3 cm³/mol. The molecule has 2 amide bonds.